The van der Waals surface area contributed by atoms with Gasteiger partial charge in [0.2, 0.25) is 5.78 Å². The number of carbonyl (C=O) groups is 3. The minimum Gasteiger partial charge on any atom is -0.508 e. The number of aromatic hydroxyl groups is 1. The number of aliphatic hydroxyl groups is 3. The van der Waals surface area contributed by atoms with Gasteiger partial charge < -0.3 is 31.5 Å². The number of aliphatic hydroxyl groups excluding tert-OH is 2. The molecule has 0 unspecified atom stereocenters. The number of phenols is 1. The molecule has 3 atom stereocenters. The summed E-state index contributed by atoms with van der Waals surface area (Å²) < 4.78 is 0. The molecule has 4 aliphatic rings. The van der Waals surface area contributed by atoms with E-state index in [0.717, 1.165) is 38.2 Å². The normalized spacial score (nSPS) is 26.9. The molecule has 7 N–H and O–H groups in total. The molecule has 0 radical (unpaired) electrons. The highest BCUT2D eigenvalue weighted by molar-refractivity contribution is 6.22. The topological polar surface area (TPSA) is 173 Å². The highest BCUT2D eigenvalue weighted by Crippen LogP contribution is 2.52. The Bertz CT molecular complexity index is 1510. The summed E-state index contributed by atoms with van der Waals surface area (Å²) in [6.45, 7) is 2.72. The average molecular weight is 560 g/mol. The predicted molar refractivity (Wildman–Crippen MR) is 150 cm³/mol. The lowest BCUT2D eigenvalue weighted by atomic mass is 9.59. The number of nitrogens with zero attached hydrogens (tertiary/aromatic N) is 1. The van der Waals surface area contributed by atoms with Gasteiger partial charge in [-0.3, -0.25) is 19.3 Å². The molecule has 0 bridgehead atoms. The number of Topliss-reactive ketones (excluding diaryl/α,β-unsaturated/α-hetero) is 2. The second kappa shape index (κ2) is 10.0. The maximum Gasteiger partial charge on any atom is 0.255 e. The number of rotatable bonds is 5. The van der Waals surface area contributed by atoms with Crippen LogP contribution in [0.5, 0.6) is 5.75 Å². The highest BCUT2D eigenvalue weighted by Gasteiger charge is 2.60. The molecule has 1 saturated carbocycles. The summed E-state index contributed by atoms with van der Waals surface area (Å²) in [7, 11) is 0. The molecule has 1 saturated heterocycles. The first-order valence-corrected chi connectivity index (χ1v) is 13.9. The zero-order valence-electron chi connectivity index (χ0n) is 22.5. The molecule has 214 valence electrons. The van der Waals surface area contributed by atoms with Crippen molar-refractivity contribution in [2.45, 2.75) is 50.3 Å². The van der Waals surface area contributed by atoms with Crippen LogP contribution in [0.25, 0.3) is 5.76 Å². The summed E-state index contributed by atoms with van der Waals surface area (Å²) in [4.78, 5) is 40.5. The van der Waals surface area contributed by atoms with E-state index >= 15 is 0 Å². The molecule has 6 rings (SSSR count). The summed E-state index contributed by atoms with van der Waals surface area (Å²) in [6.07, 6.45) is 1.85. The molecule has 2 aromatic rings. The third-order valence-electron chi connectivity index (χ3n) is 9.14. The van der Waals surface area contributed by atoms with Crippen molar-refractivity contribution in [3.05, 3.63) is 76.1 Å². The first-order chi connectivity index (χ1) is 19.6. The van der Waals surface area contributed by atoms with E-state index in [2.05, 4.69) is 22.3 Å². The van der Waals surface area contributed by atoms with Crippen molar-refractivity contribution in [1.82, 2.24) is 4.90 Å². The molecule has 0 aromatic heterocycles. The summed E-state index contributed by atoms with van der Waals surface area (Å²) in [6, 6.07) is 13.7. The van der Waals surface area contributed by atoms with E-state index < -0.39 is 52.0 Å². The quantitative estimate of drug-likeness (QED) is 0.238. The monoisotopic (exact) mass is 559 g/mol. The van der Waals surface area contributed by atoms with Gasteiger partial charge >= 0.3 is 0 Å². The van der Waals surface area contributed by atoms with Crippen molar-refractivity contribution in [1.29, 1.82) is 0 Å². The number of carbonyl (C=O) groups excluding carboxylic acids is 3. The second-order valence-corrected chi connectivity index (χ2v) is 11.6. The zero-order chi connectivity index (χ0) is 29.1. The standard InChI is InChI=1S/C31H33N3O7/c32-30(40)26-23(36)14-18-12-17-13-20-21(33-19-8-10-34(11-9-19)15-16-4-2-1-3-5-16)6-7-22(35)25(20)27(37)24(17)28(38)31(18,41)29(26)39/h1-7,17-19,33,35,37,39,41H,8-15H2,(H2,32,40)/t17-,18+,31+/m1/s1. The lowest BCUT2D eigenvalue weighted by molar-refractivity contribution is -0.147. The highest BCUT2D eigenvalue weighted by atomic mass is 16.3. The van der Waals surface area contributed by atoms with Gasteiger partial charge in [0.15, 0.2) is 11.4 Å². The lowest BCUT2D eigenvalue weighted by Gasteiger charge is -2.46. The Labute approximate surface area is 236 Å². The van der Waals surface area contributed by atoms with Crippen LogP contribution >= 0.6 is 0 Å². The Kier molecular flexibility index (Phi) is 6.62. The van der Waals surface area contributed by atoms with Crippen molar-refractivity contribution in [3.63, 3.8) is 0 Å². The van der Waals surface area contributed by atoms with Gasteiger partial charge in [-0.05, 0) is 54.9 Å². The Hall–Kier alpha value is -4.15. The van der Waals surface area contributed by atoms with Crippen LogP contribution in [0, 0.1) is 11.8 Å². The van der Waals surface area contributed by atoms with Crippen molar-refractivity contribution >= 4 is 28.9 Å². The van der Waals surface area contributed by atoms with E-state index in [1.54, 1.807) is 6.07 Å². The summed E-state index contributed by atoms with van der Waals surface area (Å²) in [5.74, 6) is -6.28. The van der Waals surface area contributed by atoms with Crippen LogP contribution in [0.2, 0.25) is 0 Å². The molecule has 2 aromatic carbocycles. The minimum absolute atomic E-state index is 0.101. The fourth-order valence-electron chi connectivity index (χ4n) is 7.05. The number of anilines is 1. The number of primary amides is 1. The van der Waals surface area contributed by atoms with Gasteiger partial charge in [-0.25, -0.2) is 0 Å². The Balaban J connectivity index is 1.27. The smallest absolute Gasteiger partial charge is 0.255 e. The Morgan fingerprint density at radius 3 is 2.41 bits per heavy atom. The van der Waals surface area contributed by atoms with Gasteiger partial charge in [0, 0.05) is 49.3 Å². The third-order valence-corrected chi connectivity index (χ3v) is 9.14. The largest absolute Gasteiger partial charge is 0.508 e. The van der Waals surface area contributed by atoms with Gasteiger partial charge in [0.05, 0.1) is 5.56 Å². The van der Waals surface area contributed by atoms with Crippen molar-refractivity contribution in [2.75, 3.05) is 18.4 Å². The van der Waals surface area contributed by atoms with Crippen molar-refractivity contribution < 1.29 is 34.8 Å². The number of hydrogen-bond donors (Lipinski definition) is 6. The van der Waals surface area contributed by atoms with Crippen LogP contribution in [0.1, 0.15) is 42.4 Å². The molecule has 3 aliphatic carbocycles. The van der Waals surface area contributed by atoms with Gasteiger partial charge in [0.25, 0.3) is 5.91 Å². The van der Waals surface area contributed by atoms with Crippen molar-refractivity contribution in [3.8, 4) is 5.75 Å². The fraction of sp³-hybridized carbons (Fsp3) is 0.387. The van der Waals surface area contributed by atoms with Gasteiger partial charge in [-0.2, -0.15) is 0 Å². The van der Waals surface area contributed by atoms with E-state index in [0.29, 0.717) is 5.56 Å². The Morgan fingerprint density at radius 2 is 1.73 bits per heavy atom. The van der Waals surface area contributed by atoms with E-state index in [1.165, 1.54) is 11.6 Å². The molecule has 1 aliphatic heterocycles. The number of benzene rings is 2. The predicted octanol–water partition coefficient (Wildman–Crippen LogP) is 2.50. The first-order valence-electron chi connectivity index (χ1n) is 13.9. The number of hydrogen-bond acceptors (Lipinski definition) is 9. The molecule has 10 nitrogen and oxygen atoms in total. The Morgan fingerprint density at radius 1 is 1.02 bits per heavy atom. The summed E-state index contributed by atoms with van der Waals surface area (Å²) in [5, 5.41) is 47.7. The number of nitrogens with one attached hydrogen (secondary N) is 1. The van der Waals surface area contributed by atoms with Crippen LogP contribution < -0.4 is 11.1 Å². The van der Waals surface area contributed by atoms with E-state index in [-0.39, 0.29) is 42.2 Å². The van der Waals surface area contributed by atoms with Gasteiger partial charge in [-0.15, -0.1) is 0 Å². The number of amides is 1. The molecule has 41 heavy (non-hydrogen) atoms. The number of phenolic OH excluding ortho intramolecular Hbond substituents is 1. The van der Waals surface area contributed by atoms with Crippen LogP contribution in [0.3, 0.4) is 0 Å². The molecule has 2 fully saturated rings. The fourth-order valence-corrected chi connectivity index (χ4v) is 7.05. The third kappa shape index (κ3) is 4.38. The number of fused-ring (bicyclic) bond motifs is 3. The molecule has 1 amide bonds. The van der Waals surface area contributed by atoms with E-state index in [1.807, 2.05) is 18.2 Å². The second-order valence-electron chi connectivity index (χ2n) is 11.6. The summed E-state index contributed by atoms with van der Waals surface area (Å²) >= 11 is 0. The van der Waals surface area contributed by atoms with Crippen molar-refractivity contribution in [2.24, 2.45) is 17.6 Å². The average Bonchev–Trinajstić information content (AvgIpc) is 2.93. The van der Waals surface area contributed by atoms with E-state index in [4.69, 9.17) is 5.73 Å². The lowest BCUT2D eigenvalue weighted by Crippen LogP contribution is -2.58. The van der Waals surface area contributed by atoms with Gasteiger partial charge in [0.1, 0.15) is 22.8 Å². The maximum absolute atomic E-state index is 13.7. The van der Waals surface area contributed by atoms with Crippen LogP contribution in [-0.4, -0.2) is 67.5 Å². The molecule has 1 heterocycles. The summed E-state index contributed by atoms with van der Waals surface area (Å²) in [5.41, 5.74) is 4.53. The maximum atomic E-state index is 13.7. The number of nitrogens with two attached hydrogens (primary N) is 1. The molecule has 10 heteroatoms. The number of likely N-dealkylation sites (tertiary alicyclic amines) is 1. The van der Waals surface area contributed by atoms with E-state index in [9.17, 15) is 34.8 Å². The SMILES string of the molecule is NC(=O)C1=C(O)[C@@]2(O)C(=O)C3=C(O)c4c(O)ccc(NC5CCN(Cc6ccccc6)CC5)c4C[C@H]3C[C@H]2CC1=O. The molecular weight excluding hydrogens is 526 g/mol. The molecular formula is C31H33N3O7. The first kappa shape index (κ1) is 27.0. The van der Waals surface area contributed by atoms with Crippen LogP contribution in [-0.2, 0) is 27.3 Å². The molecule has 0 spiro atoms. The van der Waals surface area contributed by atoms with Crippen LogP contribution in [0.15, 0.2) is 59.4 Å². The van der Waals surface area contributed by atoms with Crippen LogP contribution in [0.4, 0.5) is 5.69 Å². The number of ketones is 2. The minimum atomic E-state index is -2.56. The number of piperidine rings is 1. The zero-order valence-corrected chi connectivity index (χ0v) is 22.5. The van der Waals surface area contributed by atoms with Gasteiger partial charge in [-0.1, -0.05) is 30.3 Å².